The summed E-state index contributed by atoms with van der Waals surface area (Å²) in [6.45, 7) is -3.17. The number of ether oxygens (including phenoxy) is 2. The molecule has 0 saturated heterocycles. The van der Waals surface area contributed by atoms with Crippen LogP contribution in [0.4, 0.5) is 30.4 Å². The fourth-order valence-electron chi connectivity index (χ4n) is 3.76. The van der Waals surface area contributed by atoms with Crippen molar-refractivity contribution in [2.45, 2.75) is 19.4 Å². The maximum atomic E-state index is 13.2. The Kier molecular flexibility index (Phi) is 7.23. The fourth-order valence-corrected chi connectivity index (χ4v) is 3.92. The number of aryl methyl sites for hydroxylation is 1. The largest absolute Gasteiger partial charge is 0.494 e. The lowest BCUT2D eigenvalue weighted by molar-refractivity contribution is -0.137. The number of methoxy groups -OCH3 is 1. The number of hydrogen-bond donors (Lipinski definition) is 3. The second kappa shape index (κ2) is 11.8. The van der Waals surface area contributed by atoms with Crippen LogP contribution in [0.2, 0.25) is 5.15 Å². The van der Waals surface area contributed by atoms with Crippen LogP contribution in [0.1, 0.15) is 31.3 Å². The molecule has 210 valence electrons. The van der Waals surface area contributed by atoms with Gasteiger partial charge in [-0.25, -0.2) is 15.0 Å². The Morgan fingerprint density at radius 2 is 1.98 bits per heavy atom. The van der Waals surface area contributed by atoms with Gasteiger partial charge in [-0.05, 0) is 35.9 Å². The number of nitrogens with zero attached hydrogens (tertiary/aromatic N) is 5. The van der Waals surface area contributed by atoms with Crippen LogP contribution in [0.5, 0.6) is 5.75 Å². The van der Waals surface area contributed by atoms with Gasteiger partial charge in [-0.2, -0.15) is 18.3 Å². The van der Waals surface area contributed by atoms with Crippen molar-refractivity contribution in [3.8, 4) is 17.1 Å². The van der Waals surface area contributed by atoms with Crippen molar-refractivity contribution >= 4 is 34.7 Å². The average molecular weight is 580 g/mol. The summed E-state index contributed by atoms with van der Waals surface area (Å²) in [4.78, 5) is 24.8. The zero-order valence-electron chi connectivity index (χ0n) is 24.0. The Balaban J connectivity index is 1.70. The van der Waals surface area contributed by atoms with Gasteiger partial charge < -0.3 is 25.8 Å². The Morgan fingerprint density at radius 1 is 1.18 bits per heavy atom. The predicted octanol–water partition coefficient (Wildman–Crippen LogP) is 4.36. The summed E-state index contributed by atoms with van der Waals surface area (Å²) < 4.78 is 74.5. The standard InChI is InChI=1S/C25H24ClF3N8O3/c1-31-24(38)17-9-32-20(26)8-18(17)35-19-5-13(4-16(22(19)39-3)23-33-12-37(2)36-23)10-40-11-15-6-14(25(27,28)29)7-21(30)34-15/h4-9,12H,10-11H2,1-3H3,(H2,30,34)(H,31,38)(H,32,35)/i1D3. The molecule has 15 heteroatoms. The lowest BCUT2D eigenvalue weighted by Gasteiger charge is -2.18. The molecule has 0 aliphatic rings. The van der Waals surface area contributed by atoms with Crippen molar-refractivity contribution < 1.29 is 31.6 Å². The first-order valence-electron chi connectivity index (χ1n) is 12.9. The Labute approximate surface area is 235 Å². The number of halogens is 4. The van der Waals surface area contributed by atoms with Gasteiger partial charge in [0.25, 0.3) is 5.91 Å². The van der Waals surface area contributed by atoms with E-state index in [-0.39, 0.29) is 58.4 Å². The molecule has 0 spiro atoms. The molecular weight excluding hydrogens is 553 g/mol. The molecule has 40 heavy (non-hydrogen) atoms. The molecule has 3 aromatic heterocycles. The SMILES string of the molecule is [2H]C([2H])([2H])NC(=O)c1cnc(Cl)cc1Nc1cc(COCc2cc(C(F)(F)F)cc(N)n2)cc(-c2ncn(C)n2)c1OC. The second-order valence-electron chi connectivity index (χ2n) is 8.36. The van der Waals surface area contributed by atoms with E-state index in [1.807, 2.05) is 5.32 Å². The number of nitrogens with one attached hydrogen (secondary N) is 2. The lowest BCUT2D eigenvalue weighted by atomic mass is 10.1. The molecule has 0 aliphatic heterocycles. The van der Waals surface area contributed by atoms with E-state index in [2.05, 4.69) is 25.4 Å². The number of amides is 1. The van der Waals surface area contributed by atoms with Crippen molar-refractivity contribution in [3.63, 3.8) is 0 Å². The number of rotatable bonds is 9. The lowest BCUT2D eigenvalue weighted by Crippen LogP contribution is -2.19. The topological polar surface area (TPSA) is 142 Å². The highest BCUT2D eigenvalue weighted by Gasteiger charge is 2.31. The molecule has 0 fully saturated rings. The number of pyridine rings is 2. The smallest absolute Gasteiger partial charge is 0.416 e. The Bertz CT molecular complexity index is 1650. The number of anilines is 3. The first-order valence-corrected chi connectivity index (χ1v) is 11.7. The van der Waals surface area contributed by atoms with Crippen LogP contribution in [-0.2, 0) is 31.2 Å². The number of carbonyl (C=O) groups is 1. The molecular formula is C25H24ClF3N8O3. The maximum Gasteiger partial charge on any atom is 0.416 e. The van der Waals surface area contributed by atoms with Crippen LogP contribution >= 0.6 is 11.6 Å². The van der Waals surface area contributed by atoms with Gasteiger partial charge in [0.15, 0.2) is 11.6 Å². The van der Waals surface area contributed by atoms with E-state index in [4.69, 9.17) is 30.9 Å². The monoisotopic (exact) mass is 579 g/mol. The van der Waals surface area contributed by atoms with Crippen molar-refractivity contribution in [2.24, 2.45) is 7.05 Å². The molecule has 1 amide bonds. The highest BCUT2D eigenvalue weighted by atomic mass is 35.5. The number of hydrogen-bond acceptors (Lipinski definition) is 9. The number of benzene rings is 1. The number of aromatic nitrogens is 5. The van der Waals surface area contributed by atoms with Crippen LogP contribution in [0, 0.1) is 0 Å². The molecule has 4 N–H and O–H groups in total. The van der Waals surface area contributed by atoms with Crippen molar-refractivity contribution in [3.05, 3.63) is 70.4 Å². The molecule has 0 atom stereocenters. The van der Waals surface area contributed by atoms with Crippen LogP contribution in [0.15, 0.2) is 42.9 Å². The van der Waals surface area contributed by atoms with E-state index >= 15 is 0 Å². The minimum absolute atomic E-state index is 0.00543. The van der Waals surface area contributed by atoms with Crippen LogP contribution in [-0.4, -0.2) is 44.7 Å². The van der Waals surface area contributed by atoms with E-state index in [0.717, 1.165) is 18.3 Å². The highest BCUT2D eigenvalue weighted by Crippen LogP contribution is 2.39. The first-order chi connectivity index (χ1) is 20.1. The molecule has 0 unspecified atom stereocenters. The second-order valence-corrected chi connectivity index (χ2v) is 8.75. The molecule has 0 aliphatic carbocycles. The van der Waals surface area contributed by atoms with E-state index in [0.29, 0.717) is 11.1 Å². The molecule has 3 heterocycles. The zero-order chi connectivity index (χ0) is 31.5. The minimum atomic E-state index is -4.61. The third-order valence-electron chi connectivity index (χ3n) is 5.44. The Morgan fingerprint density at radius 3 is 2.65 bits per heavy atom. The minimum Gasteiger partial charge on any atom is -0.494 e. The van der Waals surface area contributed by atoms with Crippen LogP contribution < -0.4 is 21.1 Å². The van der Waals surface area contributed by atoms with Crippen LogP contribution in [0.25, 0.3) is 11.4 Å². The van der Waals surface area contributed by atoms with E-state index in [9.17, 15) is 18.0 Å². The molecule has 4 rings (SSSR count). The van der Waals surface area contributed by atoms with Gasteiger partial charge in [-0.3, -0.25) is 9.48 Å². The normalized spacial score (nSPS) is 12.8. The van der Waals surface area contributed by atoms with Gasteiger partial charge in [-0.15, -0.1) is 0 Å². The predicted molar refractivity (Wildman–Crippen MR) is 141 cm³/mol. The fraction of sp³-hybridized carbons (Fsp3) is 0.240. The van der Waals surface area contributed by atoms with Gasteiger partial charge in [0, 0.05) is 24.3 Å². The van der Waals surface area contributed by atoms with Gasteiger partial charge in [0.2, 0.25) is 0 Å². The quantitative estimate of drug-likeness (QED) is 0.247. The van der Waals surface area contributed by atoms with Gasteiger partial charge in [0.1, 0.15) is 17.3 Å². The Hall–Kier alpha value is -4.43. The molecule has 0 saturated carbocycles. The number of carbonyl (C=O) groups excluding carboxylic acids is 1. The maximum absolute atomic E-state index is 13.2. The van der Waals surface area contributed by atoms with Crippen molar-refractivity contribution in [1.82, 2.24) is 30.0 Å². The molecule has 4 aromatic rings. The number of nitrogen functional groups attached to an aromatic ring is 1. The zero-order valence-corrected chi connectivity index (χ0v) is 21.8. The first kappa shape index (κ1) is 24.6. The summed E-state index contributed by atoms with van der Waals surface area (Å²) in [5.41, 5.74) is 5.72. The highest BCUT2D eigenvalue weighted by molar-refractivity contribution is 6.29. The summed E-state index contributed by atoms with van der Waals surface area (Å²) in [5.74, 6) is -0.728. The van der Waals surface area contributed by atoms with E-state index in [1.165, 1.54) is 24.2 Å². The molecule has 0 bridgehead atoms. The van der Waals surface area contributed by atoms with Gasteiger partial charge >= 0.3 is 6.18 Å². The van der Waals surface area contributed by atoms with E-state index in [1.54, 1.807) is 19.2 Å². The molecule has 1 aromatic carbocycles. The third-order valence-corrected chi connectivity index (χ3v) is 5.64. The number of nitrogens with two attached hydrogens (primary N) is 1. The van der Waals surface area contributed by atoms with Crippen molar-refractivity contribution in [1.29, 1.82) is 0 Å². The summed E-state index contributed by atoms with van der Waals surface area (Å²) in [6.07, 6.45) is -2.03. The third kappa shape index (κ3) is 6.58. The van der Waals surface area contributed by atoms with Gasteiger partial charge in [0.05, 0.1) is 54.1 Å². The van der Waals surface area contributed by atoms with Crippen molar-refractivity contribution in [2.75, 3.05) is 25.1 Å². The number of alkyl halides is 3. The van der Waals surface area contributed by atoms with Gasteiger partial charge in [-0.1, -0.05) is 11.6 Å². The summed E-state index contributed by atoms with van der Waals surface area (Å²) in [7, 11) is 3.06. The average Bonchev–Trinajstić information content (AvgIpc) is 3.32. The molecule has 11 nitrogen and oxygen atoms in total. The summed E-state index contributed by atoms with van der Waals surface area (Å²) in [5, 5.41) is 9.25. The van der Waals surface area contributed by atoms with E-state index < -0.39 is 24.6 Å². The summed E-state index contributed by atoms with van der Waals surface area (Å²) in [6, 6.07) is 6.16. The summed E-state index contributed by atoms with van der Waals surface area (Å²) >= 11 is 6.08. The van der Waals surface area contributed by atoms with Crippen LogP contribution in [0.3, 0.4) is 0 Å². The molecule has 0 radical (unpaired) electrons.